The van der Waals surface area contributed by atoms with E-state index in [-0.39, 0.29) is 11.9 Å². The second kappa shape index (κ2) is 7.13. The van der Waals surface area contributed by atoms with Crippen LogP contribution < -0.4 is 0 Å². The summed E-state index contributed by atoms with van der Waals surface area (Å²) < 4.78 is 5.61. The van der Waals surface area contributed by atoms with Gasteiger partial charge in [-0.1, -0.05) is 42.5 Å². The van der Waals surface area contributed by atoms with E-state index in [1.807, 2.05) is 73.3 Å². The molecular formula is C20H20N2O2. The topological polar surface area (TPSA) is 46.3 Å². The Morgan fingerprint density at radius 3 is 2.54 bits per heavy atom. The Morgan fingerprint density at radius 1 is 1.12 bits per heavy atom. The van der Waals surface area contributed by atoms with Gasteiger partial charge in [0.25, 0.3) is 0 Å². The van der Waals surface area contributed by atoms with E-state index in [0.29, 0.717) is 12.4 Å². The molecule has 0 unspecified atom stereocenters. The molecule has 0 fully saturated rings. The molecule has 0 N–H and O–H groups in total. The smallest absolute Gasteiger partial charge is 0.247 e. The van der Waals surface area contributed by atoms with Gasteiger partial charge in [-0.05, 0) is 31.5 Å². The molecule has 3 rings (SSSR count). The molecule has 0 aliphatic heterocycles. The number of carbonyl (C=O) groups excluding carboxylic acids is 1. The first kappa shape index (κ1) is 16.0. The molecule has 3 aromatic rings. The van der Waals surface area contributed by atoms with Gasteiger partial charge >= 0.3 is 0 Å². The average molecular weight is 320 g/mol. The normalized spacial score (nSPS) is 11.5. The van der Waals surface area contributed by atoms with Crippen LogP contribution >= 0.6 is 0 Å². The van der Waals surface area contributed by atoms with Crippen LogP contribution in [-0.2, 0) is 11.3 Å². The zero-order valence-electron chi connectivity index (χ0n) is 13.8. The minimum atomic E-state index is -0.0592. The van der Waals surface area contributed by atoms with Gasteiger partial charge in [0, 0.05) is 24.7 Å². The van der Waals surface area contributed by atoms with Gasteiger partial charge in [-0.3, -0.25) is 4.79 Å². The van der Waals surface area contributed by atoms with Crippen molar-refractivity contribution < 1.29 is 9.21 Å². The number of hydrogen-bond donors (Lipinski definition) is 0. The fourth-order valence-corrected chi connectivity index (χ4v) is 2.49. The second-order valence-electron chi connectivity index (χ2n) is 5.90. The third kappa shape index (κ3) is 3.71. The lowest BCUT2D eigenvalue weighted by molar-refractivity contribution is -0.128. The molecule has 122 valence electrons. The molecule has 4 heteroatoms. The molecule has 1 amide bonds. The molecule has 1 heterocycles. The fourth-order valence-electron chi connectivity index (χ4n) is 2.49. The van der Waals surface area contributed by atoms with Crippen molar-refractivity contribution in [3.8, 4) is 0 Å². The Balaban J connectivity index is 1.75. The van der Waals surface area contributed by atoms with Crippen molar-refractivity contribution in [1.82, 2.24) is 9.88 Å². The van der Waals surface area contributed by atoms with Crippen molar-refractivity contribution >= 4 is 23.1 Å². The zero-order valence-corrected chi connectivity index (χ0v) is 13.8. The van der Waals surface area contributed by atoms with Crippen LogP contribution in [0.3, 0.4) is 0 Å². The largest absolute Gasteiger partial charge is 0.437 e. The van der Waals surface area contributed by atoms with E-state index in [1.165, 1.54) is 6.08 Å². The van der Waals surface area contributed by atoms with E-state index in [1.54, 1.807) is 6.08 Å². The van der Waals surface area contributed by atoms with Crippen LogP contribution in [0.2, 0.25) is 0 Å². The van der Waals surface area contributed by atoms with E-state index in [9.17, 15) is 4.79 Å². The minimum Gasteiger partial charge on any atom is -0.437 e. The molecule has 0 radical (unpaired) electrons. The lowest BCUT2D eigenvalue weighted by Gasteiger charge is -2.25. The van der Waals surface area contributed by atoms with Crippen molar-refractivity contribution in [3.05, 3.63) is 72.1 Å². The number of para-hydroxylation sites is 2. The number of aromatic nitrogens is 1. The number of fused-ring (bicyclic) bond motifs is 1. The van der Waals surface area contributed by atoms with Crippen LogP contribution in [0.25, 0.3) is 17.2 Å². The van der Waals surface area contributed by atoms with E-state index in [2.05, 4.69) is 4.98 Å². The number of rotatable bonds is 5. The molecule has 0 atom stereocenters. The summed E-state index contributed by atoms with van der Waals surface area (Å²) >= 11 is 0. The van der Waals surface area contributed by atoms with Crippen molar-refractivity contribution in [3.63, 3.8) is 0 Å². The Morgan fingerprint density at radius 2 is 1.83 bits per heavy atom. The summed E-state index contributed by atoms with van der Waals surface area (Å²) in [5.41, 5.74) is 2.61. The van der Waals surface area contributed by atoms with Crippen LogP contribution in [0.1, 0.15) is 25.3 Å². The highest BCUT2D eigenvalue weighted by atomic mass is 16.3. The highest BCUT2D eigenvalue weighted by molar-refractivity contribution is 5.91. The van der Waals surface area contributed by atoms with Gasteiger partial charge in [-0.15, -0.1) is 0 Å². The lowest BCUT2D eigenvalue weighted by atomic mass is 10.2. The standard InChI is InChI=1S/C20H20N2O2/c1-15(2)22(14-16-8-4-3-5-9-16)20(23)13-12-19-21-17-10-6-7-11-18(17)24-19/h3-13,15H,14H2,1-2H3/b13-12+. The fraction of sp³-hybridized carbons (Fsp3) is 0.200. The van der Waals surface area contributed by atoms with Gasteiger partial charge in [-0.2, -0.15) is 0 Å². The Hall–Kier alpha value is -2.88. The first-order valence-electron chi connectivity index (χ1n) is 8.01. The first-order valence-corrected chi connectivity index (χ1v) is 8.01. The van der Waals surface area contributed by atoms with Crippen LogP contribution in [0.4, 0.5) is 0 Å². The molecule has 2 aromatic carbocycles. The number of benzene rings is 2. The number of oxazole rings is 1. The van der Waals surface area contributed by atoms with E-state index in [0.717, 1.165) is 16.7 Å². The number of amides is 1. The maximum Gasteiger partial charge on any atom is 0.247 e. The van der Waals surface area contributed by atoms with E-state index in [4.69, 9.17) is 4.42 Å². The van der Waals surface area contributed by atoms with Crippen LogP contribution in [0.15, 0.2) is 65.1 Å². The molecule has 4 nitrogen and oxygen atoms in total. The number of hydrogen-bond acceptors (Lipinski definition) is 3. The third-order valence-corrected chi connectivity index (χ3v) is 3.78. The lowest BCUT2D eigenvalue weighted by Crippen LogP contribution is -2.35. The van der Waals surface area contributed by atoms with Crippen LogP contribution in [0.5, 0.6) is 0 Å². The summed E-state index contributed by atoms with van der Waals surface area (Å²) in [4.78, 5) is 18.7. The summed E-state index contributed by atoms with van der Waals surface area (Å²) in [6, 6.07) is 17.6. The summed E-state index contributed by atoms with van der Waals surface area (Å²) in [7, 11) is 0. The summed E-state index contributed by atoms with van der Waals surface area (Å²) in [5, 5.41) is 0. The monoisotopic (exact) mass is 320 g/mol. The predicted octanol–water partition coefficient (Wildman–Crippen LogP) is 4.28. The quantitative estimate of drug-likeness (QED) is 0.659. The molecule has 0 saturated carbocycles. The predicted molar refractivity (Wildman–Crippen MR) is 95.2 cm³/mol. The van der Waals surface area contributed by atoms with Gasteiger partial charge in [-0.25, -0.2) is 4.98 Å². The third-order valence-electron chi connectivity index (χ3n) is 3.78. The Bertz CT molecular complexity index is 817. The molecule has 0 bridgehead atoms. The molecule has 0 saturated heterocycles. The molecular weight excluding hydrogens is 300 g/mol. The van der Waals surface area contributed by atoms with Crippen molar-refractivity contribution in [2.45, 2.75) is 26.4 Å². The molecule has 0 aliphatic carbocycles. The van der Waals surface area contributed by atoms with Crippen molar-refractivity contribution in [2.75, 3.05) is 0 Å². The zero-order chi connectivity index (χ0) is 16.9. The molecule has 0 spiro atoms. The first-order chi connectivity index (χ1) is 11.6. The van der Waals surface area contributed by atoms with E-state index >= 15 is 0 Å². The summed E-state index contributed by atoms with van der Waals surface area (Å²) in [5.74, 6) is 0.379. The van der Waals surface area contributed by atoms with E-state index < -0.39 is 0 Å². The summed E-state index contributed by atoms with van der Waals surface area (Å²) in [6.45, 7) is 4.59. The molecule has 24 heavy (non-hydrogen) atoms. The SMILES string of the molecule is CC(C)N(Cc1ccccc1)C(=O)/C=C/c1nc2ccccc2o1. The van der Waals surface area contributed by atoms with Crippen LogP contribution in [0, 0.1) is 0 Å². The molecule has 1 aromatic heterocycles. The second-order valence-corrected chi connectivity index (χ2v) is 5.90. The summed E-state index contributed by atoms with van der Waals surface area (Å²) in [6.07, 6.45) is 3.15. The molecule has 0 aliphatic rings. The van der Waals surface area contributed by atoms with Gasteiger partial charge in [0.1, 0.15) is 5.52 Å². The highest BCUT2D eigenvalue weighted by Gasteiger charge is 2.15. The van der Waals surface area contributed by atoms with Crippen molar-refractivity contribution in [2.24, 2.45) is 0 Å². The van der Waals surface area contributed by atoms with Crippen LogP contribution in [-0.4, -0.2) is 21.8 Å². The van der Waals surface area contributed by atoms with Gasteiger partial charge < -0.3 is 9.32 Å². The Labute approximate surface area is 141 Å². The van der Waals surface area contributed by atoms with Crippen molar-refractivity contribution in [1.29, 1.82) is 0 Å². The average Bonchev–Trinajstić information content (AvgIpc) is 3.01. The minimum absolute atomic E-state index is 0.0592. The maximum atomic E-state index is 12.5. The number of carbonyl (C=O) groups is 1. The maximum absolute atomic E-state index is 12.5. The number of nitrogens with zero attached hydrogens (tertiary/aromatic N) is 2. The highest BCUT2D eigenvalue weighted by Crippen LogP contribution is 2.16. The van der Waals surface area contributed by atoms with Gasteiger partial charge in [0.15, 0.2) is 5.58 Å². The van der Waals surface area contributed by atoms with Gasteiger partial charge in [0.2, 0.25) is 11.8 Å². The Kier molecular flexibility index (Phi) is 4.75. The van der Waals surface area contributed by atoms with Gasteiger partial charge in [0.05, 0.1) is 0 Å².